The van der Waals surface area contributed by atoms with Crippen molar-refractivity contribution in [2.75, 3.05) is 13.1 Å². The standard InChI is InChI=1S/C17H18ClN3O.2ClH/c18-14-5-3-4-12(10-14)16(15-6-1-2-8-20-15)21-17(22)13-7-9-19-11-13;;/h1-6,8,10,13,16,19H,7,9,11H2,(H,21,22);2*1H. The van der Waals surface area contributed by atoms with Crippen LogP contribution in [0.25, 0.3) is 0 Å². The number of carbonyl (C=O) groups excluding carboxylic acids is 1. The van der Waals surface area contributed by atoms with Crippen LogP contribution in [0.15, 0.2) is 48.7 Å². The molecular weight excluding hydrogens is 369 g/mol. The Bertz CT molecular complexity index is 649. The highest BCUT2D eigenvalue weighted by atomic mass is 35.5. The van der Waals surface area contributed by atoms with E-state index in [1.165, 1.54) is 0 Å². The molecule has 2 aromatic rings. The molecule has 0 aliphatic carbocycles. The van der Waals surface area contributed by atoms with E-state index in [0.29, 0.717) is 5.02 Å². The lowest BCUT2D eigenvalue weighted by atomic mass is 10.0. The highest BCUT2D eigenvalue weighted by Crippen LogP contribution is 2.24. The summed E-state index contributed by atoms with van der Waals surface area (Å²) in [6, 6.07) is 12.9. The molecule has 3 rings (SSSR count). The third kappa shape index (κ3) is 5.08. The van der Waals surface area contributed by atoms with E-state index in [0.717, 1.165) is 30.8 Å². The highest BCUT2D eigenvalue weighted by Gasteiger charge is 2.26. The molecule has 2 atom stereocenters. The molecule has 1 amide bonds. The quantitative estimate of drug-likeness (QED) is 0.844. The molecule has 1 aromatic heterocycles. The number of pyridine rings is 1. The van der Waals surface area contributed by atoms with Crippen LogP contribution in [0, 0.1) is 5.92 Å². The Kier molecular flexibility index (Phi) is 8.50. The molecule has 1 aliphatic heterocycles. The number of benzene rings is 1. The zero-order chi connectivity index (χ0) is 15.4. The van der Waals surface area contributed by atoms with E-state index in [2.05, 4.69) is 15.6 Å². The molecule has 1 aromatic carbocycles. The molecule has 0 spiro atoms. The van der Waals surface area contributed by atoms with Crippen molar-refractivity contribution >= 4 is 42.3 Å². The molecule has 130 valence electrons. The molecule has 1 saturated heterocycles. The first kappa shape index (κ1) is 20.7. The van der Waals surface area contributed by atoms with Gasteiger partial charge in [0.15, 0.2) is 0 Å². The number of halogens is 3. The molecule has 0 saturated carbocycles. The number of hydrogen-bond donors (Lipinski definition) is 2. The van der Waals surface area contributed by atoms with Gasteiger partial charge in [-0.05, 0) is 42.8 Å². The van der Waals surface area contributed by atoms with Gasteiger partial charge in [0.05, 0.1) is 17.7 Å². The molecule has 7 heteroatoms. The number of rotatable bonds is 4. The summed E-state index contributed by atoms with van der Waals surface area (Å²) < 4.78 is 0. The van der Waals surface area contributed by atoms with Crippen molar-refractivity contribution in [3.05, 3.63) is 64.9 Å². The van der Waals surface area contributed by atoms with Crippen molar-refractivity contribution in [2.45, 2.75) is 12.5 Å². The van der Waals surface area contributed by atoms with Gasteiger partial charge in [0.1, 0.15) is 0 Å². The predicted octanol–water partition coefficient (Wildman–Crippen LogP) is 3.39. The summed E-state index contributed by atoms with van der Waals surface area (Å²) in [6.45, 7) is 1.62. The number of nitrogens with zero attached hydrogens (tertiary/aromatic N) is 1. The smallest absolute Gasteiger partial charge is 0.225 e. The largest absolute Gasteiger partial charge is 0.343 e. The van der Waals surface area contributed by atoms with Gasteiger partial charge in [-0.25, -0.2) is 0 Å². The number of nitrogens with one attached hydrogen (secondary N) is 2. The molecule has 0 radical (unpaired) electrons. The van der Waals surface area contributed by atoms with Crippen LogP contribution in [0.2, 0.25) is 5.02 Å². The zero-order valence-corrected chi connectivity index (χ0v) is 15.3. The number of hydrogen-bond acceptors (Lipinski definition) is 3. The van der Waals surface area contributed by atoms with Crippen molar-refractivity contribution in [2.24, 2.45) is 5.92 Å². The monoisotopic (exact) mass is 387 g/mol. The lowest BCUT2D eigenvalue weighted by Crippen LogP contribution is -2.35. The van der Waals surface area contributed by atoms with Crippen LogP contribution in [0.1, 0.15) is 23.7 Å². The van der Waals surface area contributed by atoms with Crippen LogP contribution in [-0.4, -0.2) is 24.0 Å². The van der Waals surface area contributed by atoms with Crippen molar-refractivity contribution in [3.8, 4) is 0 Å². The van der Waals surface area contributed by atoms with Crippen LogP contribution in [-0.2, 0) is 4.79 Å². The Morgan fingerprint density at radius 3 is 2.71 bits per heavy atom. The van der Waals surface area contributed by atoms with Gasteiger partial charge in [0.2, 0.25) is 5.91 Å². The van der Waals surface area contributed by atoms with E-state index in [-0.39, 0.29) is 42.7 Å². The normalized spacial score (nSPS) is 17.3. The van der Waals surface area contributed by atoms with E-state index in [4.69, 9.17) is 11.6 Å². The molecule has 1 fully saturated rings. The number of aromatic nitrogens is 1. The maximum absolute atomic E-state index is 12.5. The Morgan fingerprint density at radius 2 is 2.08 bits per heavy atom. The number of amides is 1. The molecule has 1 aliphatic rings. The summed E-state index contributed by atoms with van der Waals surface area (Å²) >= 11 is 6.10. The minimum Gasteiger partial charge on any atom is -0.343 e. The van der Waals surface area contributed by atoms with Gasteiger partial charge in [-0.15, -0.1) is 24.8 Å². The SMILES string of the molecule is Cl.Cl.O=C(NC(c1cccc(Cl)c1)c1ccccn1)C1CCNC1. The minimum absolute atomic E-state index is 0. The fourth-order valence-corrected chi connectivity index (χ4v) is 2.90. The van der Waals surface area contributed by atoms with Crippen molar-refractivity contribution < 1.29 is 4.79 Å². The first-order valence-corrected chi connectivity index (χ1v) is 7.79. The van der Waals surface area contributed by atoms with Gasteiger partial charge >= 0.3 is 0 Å². The zero-order valence-electron chi connectivity index (χ0n) is 12.9. The average molecular weight is 389 g/mol. The number of carbonyl (C=O) groups is 1. The van der Waals surface area contributed by atoms with Crippen LogP contribution in [0.3, 0.4) is 0 Å². The second kappa shape index (κ2) is 9.84. The summed E-state index contributed by atoms with van der Waals surface area (Å²) in [4.78, 5) is 16.9. The van der Waals surface area contributed by atoms with E-state index in [9.17, 15) is 4.79 Å². The molecule has 2 heterocycles. The maximum atomic E-state index is 12.5. The summed E-state index contributed by atoms with van der Waals surface area (Å²) in [7, 11) is 0. The van der Waals surface area contributed by atoms with Gasteiger partial charge < -0.3 is 10.6 Å². The molecule has 4 nitrogen and oxygen atoms in total. The van der Waals surface area contributed by atoms with Crippen LogP contribution in [0.4, 0.5) is 0 Å². The Balaban J connectivity index is 0.00000144. The van der Waals surface area contributed by atoms with Gasteiger partial charge in [0.25, 0.3) is 0 Å². The van der Waals surface area contributed by atoms with Gasteiger partial charge in [0, 0.05) is 17.8 Å². The lowest BCUT2D eigenvalue weighted by Gasteiger charge is -2.21. The average Bonchev–Trinajstić information content (AvgIpc) is 3.08. The van der Waals surface area contributed by atoms with Gasteiger partial charge in [-0.3, -0.25) is 9.78 Å². The van der Waals surface area contributed by atoms with Crippen molar-refractivity contribution in [1.82, 2.24) is 15.6 Å². The van der Waals surface area contributed by atoms with Gasteiger partial charge in [-0.1, -0.05) is 29.8 Å². The summed E-state index contributed by atoms with van der Waals surface area (Å²) in [5, 5.41) is 6.98. The van der Waals surface area contributed by atoms with Crippen LogP contribution in [0.5, 0.6) is 0 Å². The topological polar surface area (TPSA) is 54.0 Å². The molecule has 2 unspecified atom stereocenters. The first-order chi connectivity index (χ1) is 10.7. The van der Waals surface area contributed by atoms with E-state index >= 15 is 0 Å². The van der Waals surface area contributed by atoms with Crippen LogP contribution >= 0.6 is 36.4 Å². The highest BCUT2D eigenvalue weighted by molar-refractivity contribution is 6.30. The molecular formula is C17H20Cl3N3O. The van der Waals surface area contributed by atoms with Crippen molar-refractivity contribution in [3.63, 3.8) is 0 Å². The third-order valence-corrected chi connectivity index (χ3v) is 4.12. The molecule has 2 N–H and O–H groups in total. The fourth-order valence-electron chi connectivity index (χ4n) is 2.70. The minimum atomic E-state index is -0.284. The third-order valence-electron chi connectivity index (χ3n) is 3.88. The first-order valence-electron chi connectivity index (χ1n) is 7.41. The predicted molar refractivity (Wildman–Crippen MR) is 101 cm³/mol. The van der Waals surface area contributed by atoms with Gasteiger partial charge in [-0.2, -0.15) is 0 Å². The second-order valence-electron chi connectivity index (χ2n) is 5.44. The lowest BCUT2D eigenvalue weighted by molar-refractivity contribution is -0.124. The fraction of sp³-hybridized carbons (Fsp3) is 0.294. The Morgan fingerprint density at radius 1 is 1.25 bits per heavy atom. The molecule has 0 bridgehead atoms. The second-order valence-corrected chi connectivity index (χ2v) is 5.88. The Hall–Kier alpha value is -1.33. The van der Waals surface area contributed by atoms with E-state index in [1.807, 2.05) is 42.5 Å². The summed E-state index contributed by atoms with van der Waals surface area (Å²) in [5.41, 5.74) is 1.74. The molecule has 24 heavy (non-hydrogen) atoms. The Labute approximate surface area is 159 Å². The summed E-state index contributed by atoms with van der Waals surface area (Å²) in [6.07, 6.45) is 2.60. The summed E-state index contributed by atoms with van der Waals surface area (Å²) in [5.74, 6) is 0.0750. The maximum Gasteiger partial charge on any atom is 0.225 e. The van der Waals surface area contributed by atoms with E-state index < -0.39 is 0 Å². The van der Waals surface area contributed by atoms with Crippen molar-refractivity contribution in [1.29, 1.82) is 0 Å². The van der Waals surface area contributed by atoms with E-state index in [1.54, 1.807) is 6.20 Å². The van der Waals surface area contributed by atoms with Crippen LogP contribution < -0.4 is 10.6 Å².